The zero-order valence-electron chi connectivity index (χ0n) is 13.8. The van der Waals surface area contributed by atoms with E-state index in [1.54, 1.807) is 24.3 Å². The lowest BCUT2D eigenvalue weighted by molar-refractivity contribution is -0.119. The third kappa shape index (κ3) is 4.52. The Bertz CT molecular complexity index is 746. The fourth-order valence-corrected chi connectivity index (χ4v) is 2.71. The minimum absolute atomic E-state index is 0.362. The number of anilines is 1. The molecule has 24 heavy (non-hydrogen) atoms. The number of aryl methyl sites for hydroxylation is 1. The number of hydrogen-bond acceptors (Lipinski definition) is 5. The van der Waals surface area contributed by atoms with Crippen LogP contribution >= 0.6 is 11.8 Å². The second kappa shape index (κ2) is 8.40. The Morgan fingerprint density at radius 1 is 1.17 bits per heavy atom. The summed E-state index contributed by atoms with van der Waals surface area (Å²) in [7, 11) is 1.53. The molecule has 0 aliphatic heterocycles. The van der Waals surface area contributed by atoms with Gasteiger partial charge in [0.05, 0.1) is 18.4 Å². The van der Waals surface area contributed by atoms with E-state index >= 15 is 0 Å². The van der Waals surface area contributed by atoms with Crippen LogP contribution in [0.15, 0.2) is 47.4 Å². The van der Waals surface area contributed by atoms with Crippen molar-refractivity contribution in [2.45, 2.75) is 11.8 Å². The zero-order valence-corrected chi connectivity index (χ0v) is 14.6. The SMILES string of the molecule is COc1ccc(C)cc1NC(=O)COC(=O)c1ccccc1SC. The van der Waals surface area contributed by atoms with E-state index in [2.05, 4.69) is 5.32 Å². The molecule has 5 nitrogen and oxygen atoms in total. The van der Waals surface area contributed by atoms with Gasteiger partial charge in [-0.1, -0.05) is 18.2 Å². The second-order valence-electron chi connectivity index (χ2n) is 5.03. The van der Waals surface area contributed by atoms with Gasteiger partial charge in [-0.3, -0.25) is 4.79 Å². The van der Waals surface area contributed by atoms with Crippen molar-refractivity contribution in [3.63, 3.8) is 0 Å². The van der Waals surface area contributed by atoms with Gasteiger partial charge >= 0.3 is 5.97 Å². The molecule has 0 heterocycles. The standard InChI is InChI=1S/C18H19NO4S/c1-12-8-9-15(22-2)14(10-12)19-17(20)11-23-18(21)13-6-4-5-7-16(13)24-3/h4-10H,11H2,1-3H3,(H,19,20). The number of esters is 1. The van der Waals surface area contributed by atoms with E-state index in [9.17, 15) is 9.59 Å². The number of methoxy groups -OCH3 is 1. The number of rotatable bonds is 6. The van der Waals surface area contributed by atoms with E-state index in [-0.39, 0.29) is 6.61 Å². The van der Waals surface area contributed by atoms with Crippen LogP contribution in [0, 0.1) is 6.92 Å². The van der Waals surface area contributed by atoms with Crippen molar-refractivity contribution < 1.29 is 19.1 Å². The molecule has 2 aromatic rings. The van der Waals surface area contributed by atoms with E-state index in [1.165, 1.54) is 18.9 Å². The highest BCUT2D eigenvalue weighted by Gasteiger charge is 2.14. The predicted molar refractivity (Wildman–Crippen MR) is 94.9 cm³/mol. The summed E-state index contributed by atoms with van der Waals surface area (Å²) in [5.41, 5.74) is 1.98. The first-order valence-corrected chi connectivity index (χ1v) is 8.52. The number of benzene rings is 2. The molecule has 1 amide bonds. The molecule has 0 spiro atoms. The number of hydrogen-bond donors (Lipinski definition) is 1. The van der Waals surface area contributed by atoms with Crippen molar-refractivity contribution in [2.24, 2.45) is 0 Å². The summed E-state index contributed by atoms with van der Waals surface area (Å²) in [4.78, 5) is 25.0. The van der Waals surface area contributed by atoms with Gasteiger partial charge in [0.15, 0.2) is 6.61 Å². The fraction of sp³-hybridized carbons (Fsp3) is 0.222. The Morgan fingerprint density at radius 3 is 2.62 bits per heavy atom. The maximum atomic E-state index is 12.1. The maximum Gasteiger partial charge on any atom is 0.339 e. The number of thioether (sulfide) groups is 1. The van der Waals surface area contributed by atoms with Gasteiger partial charge in [-0.05, 0) is 43.0 Å². The van der Waals surface area contributed by atoms with Crippen molar-refractivity contribution in [3.8, 4) is 5.75 Å². The molecule has 1 N–H and O–H groups in total. The summed E-state index contributed by atoms with van der Waals surface area (Å²) >= 11 is 1.45. The molecule has 0 radical (unpaired) electrons. The molecule has 0 atom stereocenters. The lowest BCUT2D eigenvalue weighted by Gasteiger charge is -2.11. The third-order valence-corrected chi connectivity index (χ3v) is 4.09. The van der Waals surface area contributed by atoms with Crippen LogP contribution in [0.3, 0.4) is 0 Å². The summed E-state index contributed by atoms with van der Waals surface area (Å²) in [5, 5.41) is 2.69. The van der Waals surface area contributed by atoms with Gasteiger partial charge in [0.2, 0.25) is 0 Å². The van der Waals surface area contributed by atoms with Crippen LogP contribution < -0.4 is 10.1 Å². The Hall–Kier alpha value is -2.47. The summed E-state index contributed by atoms with van der Waals surface area (Å²) in [5.74, 6) is -0.395. The van der Waals surface area contributed by atoms with E-state index < -0.39 is 11.9 Å². The average molecular weight is 345 g/mol. The summed E-state index contributed by atoms with van der Waals surface area (Å²) < 4.78 is 10.3. The zero-order chi connectivity index (χ0) is 17.5. The molecule has 0 aliphatic rings. The van der Waals surface area contributed by atoms with Gasteiger partial charge in [-0.2, -0.15) is 0 Å². The van der Waals surface area contributed by atoms with Crippen LogP contribution in [0.4, 0.5) is 5.69 Å². The molecule has 126 valence electrons. The van der Waals surface area contributed by atoms with Crippen LogP contribution in [-0.2, 0) is 9.53 Å². The smallest absolute Gasteiger partial charge is 0.339 e. The fourth-order valence-electron chi connectivity index (χ4n) is 2.13. The second-order valence-corrected chi connectivity index (χ2v) is 5.88. The van der Waals surface area contributed by atoms with Crippen LogP contribution in [0.1, 0.15) is 15.9 Å². The van der Waals surface area contributed by atoms with E-state index in [1.807, 2.05) is 31.4 Å². The maximum absolute atomic E-state index is 12.1. The Labute approximate surface area is 145 Å². The van der Waals surface area contributed by atoms with Crippen LogP contribution in [0.25, 0.3) is 0 Å². The Morgan fingerprint density at radius 2 is 1.92 bits per heavy atom. The summed E-state index contributed by atoms with van der Waals surface area (Å²) in [6, 6.07) is 12.6. The summed E-state index contributed by atoms with van der Waals surface area (Å²) in [6.45, 7) is 1.55. The quantitative estimate of drug-likeness (QED) is 0.641. The van der Waals surface area contributed by atoms with Gasteiger partial charge in [-0.25, -0.2) is 4.79 Å². The predicted octanol–water partition coefficient (Wildman–Crippen LogP) is 3.52. The molecule has 0 aromatic heterocycles. The molecule has 2 aromatic carbocycles. The van der Waals surface area contributed by atoms with Crippen LogP contribution in [0.2, 0.25) is 0 Å². The molecule has 0 bridgehead atoms. The van der Waals surface area contributed by atoms with Gasteiger partial charge < -0.3 is 14.8 Å². The van der Waals surface area contributed by atoms with Crippen LogP contribution in [0.5, 0.6) is 5.75 Å². The largest absolute Gasteiger partial charge is 0.495 e. The highest BCUT2D eigenvalue weighted by Crippen LogP contribution is 2.25. The number of carbonyl (C=O) groups excluding carboxylic acids is 2. The van der Waals surface area contributed by atoms with Crippen molar-refractivity contribution in [3.05, 3.63) is 53.6 Å². The number of ether oxygens (including phenoxy) is 2. The molecule has 0 unspecified atom stereocenters. The van der Waals surface area contributed by atoms with Gasteiger partial charge in [-0.15, -0.1) is 11.8 Å². The normalized spacial score (nSPS) is 10.1. The molecule has 2 rings (SSSR count). The van der Waals surface area contributed by atoms with E-state index in [0.29, 0.717) is 17.0 Å². The van der Waals surface area contributed by atoms with Crippen molar-refractivity contribution in [1.29, 1.82) is 0 Å². The topological polar surface area (TPSA) is 64.6 Å². The lowest BCUT2D eigenvalue weighted by Crippen LogP contribution is -2.21. The van der Waals surface area contributed by atoms with Crippen molar-refractivity contribution in [2.75, 3.05) is 25.3 Å². The highest BCUT2D eigenvalue weighted by atomic mass is 32.2. The van der Waals surface area contributed by atoms with Gasteiger partial charge in [0.1, 0.15) is 5.75 Å². The minimum atomic E-state index is -0.522. The third-order valence-electron chi connectivity index (χ3n) is 3.29. The number of amides is 1. The van der Waals surface area contributed by atoms with Gasteiger partial charge in [0.25, 0.3) is 5.91 Å². The molecule has 6 heteroatoms. The average Bonchev–Trinajstić information content (AvgIpc) is 2.59. The Balaban J connectivity index is 1.98. The van der Waals surface area contributed by atoms with Crippen LogP contribution in [-0.4, -0.2) is 31.8 Å². The first-order valence-electron chi connectivity index (χ1n) is 7.29. The van der Waals surface area contributed by atoms with Crippen molar-refractivity contribution in [1.82, 2.24) is 0 Å². The molecule has 0 saturated heterocycles. The molecule has 0 fully saturated rings. The monoisotopic (exact) mass is 345 g/mol. The molecule has 0 saturated carbocycles. The first kappa shape index (κ1) is 17.9. The van der Waals surface area contributed by atoms with E-state index in [4.69, 9.17) is 9.47 Å². The van der Waals surface area contributed by atoms with Crippen molar-refractivity contribution >= 4 is 29.3 Å². The van der Waals surface area contributed by atoms with E-state index in [0.717, 1.165) is 10.5 Å². The van der Waals surface area contributed by atoms with Gasteiger partial charge in [0, 0.05) is 4.90 Å². The minimum Gasteiger partial charge on any atom is -0.495 e. The molecule has 0 aliphatic carbocycles. The summed E-state index contributed by atoms with van der Waals surface area (Å²) in [6.07, 6.45) is 1.88. The lowest BCUT2D eigenvalue weighted by atomic mass is 10.2. The Kier molecular flexibility index (Phi) is 6.26. The first-order chi connectivity index (χ1) is 11.5. The number of carbonyl (C=O) groups is 2. The molecular weight excluding hydrogens is 326 g/mol. The number of nitrogens with one attached hydrogen (secondary N) is 1. The molecular formula is C18H19NO4S. The highest BCUT2D eigenvalue weighted by molar-refractivity contribution is 7.98.